The zero-order valence-electron chi connectivity index (χ0n) is 32.6. The molecule has 0 amide bonds. The maximum absolute atomic E-state index is 13.3. The lowest BCUT2D eigenvalue weighted by atomic mass is 9.74. The van der Waals surface area contributed by atoms with Gasteiger partial charge < -0.3 is 37.9 Å². The normalized spacial score (nSPS) is 21.1. The number of carbonyl (C=O) groups is 3. The van der Waals surface area contributed by atoms with Crippen LogP contribution in [0.15, 0.2) is 103 Å². The van der Waals surface area contributed by atoms with E-state index < -0.39 is 47.6 Å². The number of hydrogen-bond acceptors (Lipinski definition) is 11. The van der Waals surface area contributed by atoms with Gasteiger partial charge in [-0.1, -0.05) is 94.0 Å². The van der Waals surface area contributed by atoms with E-state index in [2.05, 4.69) is 6.92 Å². The number of hydrogen-bond donors (Lipinski definition) is 0. The average molecular weight is 749 g/mol. The van der Waals surface area contributed by atoms with Crippen molar-refractivity contribution in [3.8, 4) is 5.75 Å². The van der Waals surface area contributed by atoms with E-state index in [0.29, 0.717) is 18.5 Å². The van der Waals surface area contributed by atoms with Gasteiger partial charge in [0, 0.05) is 31.1 Å². The zero-order valence-corrected chi connectivity index (χ0v) is 32.6. The van der Waals surface area contributed by atoms with Gasteiger partial charge >= 0.3 is 11.9 Å². The summed E-state index contributed by atoms with van der Waals surface area (Å²) in [5.74, 6) is -2.30. The fourth-order valence-electron chi connectivity index (χ4n) is 6.11. The number of rotatable bonds is 22. The standard InChI is InChI=1S/C43H56O11/c1-8-9-10-11-15-19-39(45)53-41-35(27-40(46)48-6)26-37(54-43(41,49-7)42(3,4)24-16-25-44)28-38(51-30-34-20-22-36(47-5)23-21-34)32(2)52-31-50-29-33-17-13-12-14-18-33/h10-25,27,32,37-38,41H,8-9,26,28-31H2,1-7H3/t32-,37?,38-,41?,43?/m1/s1. The zero-order chi connectivity index (χ0) is 39.4. The average Bonchev–Trinajstić information content (AvgIpc) is 3.18. The molecule has 0 N–H and O–H groups in total. The van der Waals surface area contributed by atoms with E-state index in [1.165, 1.54) is 32.4 Å². The lowest BCUT2D eigenvalue weighted by Gasteiger charge is -2.53. The van der Waals surface area contributed by atoms with Crippen molar-refractivity contribution in [2.45, 2.75) is 96.8 Å². The number of methoxy groups -OCH3 is 3. The summed E-state index contributed by atoms with van der Waals surface area (Å²) in [5.41, 5.74) is 1.26. The largest absolute Gasteiger partial charge is 0.497 e. The molecule has 294 valence electrons. The molecule has 0 radical (unpaired) electrons. The quantitative estimate of drug-likeness (QED) is 0.0299. The first-order valence-electron chi connectivity index (χ1n) is 18.2. The molecule has 1 heterocycles. The topological polar surface area (TPSA) is 125 Å². The molecule has 0 spiro atoms. The van der Waals surface area contributed by atoms with Gasteiger partial charge in [0.15, 0.2) is 6.10 Å². The Balaban J connectivity index is 1.98. The summed E-state index contributed by atoms with van der Waals surface area (Å²) < 4.78 is 48.0. The molecule has 2 aromatic rings. The Morgan fingerprint density at radius 1 is 0.944 bits per heavy atom. The Kier molecular flexibility index (Phi) is 18.5. The molecule has 11 heteroatoms. The van der Waals surface area contributed by atoms with Crippen molar-refractivity contribution in [3.63, 3.8) is 0 Å². The van der Waals surface area contributed by atoms with Gasteiger partial charge in [-0.25, -0.2) is 9.59 Å². The first-order valence-corrected chi connectivity index (χ1v) is 18.2. The number of aldehydes is 1. The second-order valence-corrected chi connectivity index (χ2v) is 13.4. The Morgan fingerprint density at radius 2 is 1.67 bits per heavy atom. The van der Waals surface area contributed by atoms with Crippen LogP contribution in [0.3, 0.4) is 0 Å². The fraction of sp³-hybridized carbons (Fsp3) is 0.465. The highest BCUT2D eigenvalue weighted by Gasteiger charge is 2.59. The minimum atomic E-state index is -1.71. The number of allylic oxidation sites excluding steroid dienone is 4. The highest BCUT2D eigenvalue weighted by Crippen LogP contribution is 2.48. The Hall–Kier alpha value is -4.39. The van der Waals surface area contributed by atoms with Crippen LogP contribution in [0.1, 0.15) is 64.5 Å². The van der Waals surface area contributed by atoms with E-state index in [1.54, 1.807) is 39.2 Å². The van der Waals surface area contributed by atoms with Crippen LogP contribution in [0.4, 0.5) is 0 Å². The van der Waals surface area contributed by atoms with E-state index in [4.69, 9.17) is 37.9 Å². The van der Waals surface area contributed by atoms with Crippen LogP contribution in [0.2, 0.25) is 0 Å². The molecule has 3 unspecified atom stereocenters. The van der Waals surface area contributed by atoms with Gasteiger partial charge in [-0.2, -0.15) is 0 Å². The number of carbonyl (C=O) groups excluding carboxylic acids is 3. The van der Waals surface area contributed by atoms with Gasteiger partial charge in [-0.05, 0) is 54.7 Å². The van der Waals surface area contributed by atoms with Gasteiger partial charge in [-0.15, -0.1) is 0 Å². The molecule has 1 fully saturated rings. The summed E-state index contributed by atoms with van der Waals surface area (Å²) in [6.07, 6.45) is 10.9. The minimum Gasteiger partial charge on any atom is -0.497 e. The molecule has 5 atom stereocenters. The second-order valence-electron chi connectivity index (χ2n) is 13.4. The van der Waals surface area contributed by atoms with E-state index >= 15 is 0 Å². The first-order chi connectivity index (χ1) is 26.0. The monoisotopic (exact) mass is 748 g/mol. The van der Waals surface area contributed by atoms with Crippen LogP contribution in [-0.4, -0.2) is 76.6 Å². The van der Waals surface area contributed by atoms with Gasteiger partial charge in [0.05, 0.1) is 45.7 Å². The summed E-state index contributed by atoms with van der Waals surface area (Å²) in [6.45, 7) is 8.20. The lowest BCUT2D eigenvalue weighted by Crippen LogP contribution is -2.63. The highest BCUT2D eigenvalue weighted by atomic mass is 16.7. The highest BCUT2D eigenvalue weighted by molar-refractivity contribution is 5.84. The molecule has 1 saturated heterocycles. The molecule has 0 aliphatic carbocycles. The van der Waals surface area contributed by atoms with Crippen molar-refractivity contribution in [3.05, 3.63) is 114 Å². The molecular weight excluding hydrogens is 692 g/mol. The number of esters is 2. The van der Waals surface area contributed by atoms with Crippen LogP contribution in [0.25, 0.3) is 0 Å². The third-order valence-electron chi connectivity index (χ3n) is 9.12. The predicted octanol–water partition coefficient (Wildman–Crippen LogP) is 7.39. The van der Waals surface area contributed by atoms with Crippen molar-refractivity contribution >= 4 is 18.2 Å². The van der Waals surface area contributed by atoms with E-state index in [-0.39, 0.29) is 26.2 Å². The van der Waals surface area contributed by atoms with Crippen LogP contribution < -0.4 is 4.74 Å². The molecule has 0 bridgehead atoms. The molecule has 0 saturated carbocycles. The lowest BCUT2D eigenvalue weighted by molar-refractivity contribution is -0.338. The second kappa shape index (κ2) is 22.7. The molecule has 54 heavy (non-hydrogen) atoms. The third-order valence-corrected chi connectivity index (χ3v) is 9.12. The summed E-state index contributed by atoms with van der Waals surface area (Å²) >= 11 is 0. The maximum atomic E-state index is 13.3. The Morgan fingerprint density at radius 3 is 2.31 bits per heavy atom. The van der Waals surface area contributed by atoms with Crippen molar-refractivity contribution in [2.75, 3.05) is 28.1 Å². The predicted molar refractivity (Wildman–Crippen MR) is 204 cm³/mol. The molecule has 11 nitrogen and oxygen atoms in total. The van der Waals surface area contributed by atoms with Gasteiger partial charge in [0.1, 0.15) is 18.8 Å². The number of benzene rings is 2. The van der Waals surface area contributed by atoms with E-state index in [9.17, 15) is 14.4 Å². The number of unbranched alkanes of at least 4 members (excludes halogenated alkanes) is 1. The van der Waals surface area contributed by atoms with E-state index in [1.807, 2.05) is 67.6 Å². The summed E-state index contributed by atoms with van der Waals surface area (Å²) in [7, 11) is 4.31. The molecule has 0 aromatic heterocycles. The maximum Gasteiger partial charge on any atom is 0.331 e. The molecule has 3 rings (SSSR count). The summed E-state index contributed by atoms with van der Waals surface area (Å²) in [6, 6.07) is 17.4. The molecule has 1 aliphatic rings. The first kappa shape index (κ1) is 44.0. The molecule has 2 aromatic carbocycles. The Bertz CT molecular complexity index is 1560. The van der Waals surface area contributed by atoms with E-state index in [0.717, 1.165) is 29.7 Å². The van der Waals surface area contributed by atoms with Crippen molar-refractivity contribution in [1.82, 2.24) is 0 Å². The van der Waals surface area contributed by atoms with Gasteiger partial charge in [0.2, 0.25) is 5.79 Å². The van der Waals surface area contributed by atoms with Crippen molar-refractivity contribution in [2.24, 2.45) is 5.41 Å². The smallest absolute Gasteiger partial charge is 0.331 e. The third kappa shape index (κ3) is 13.2. The van der Waals surface area contributed by atoms with Gasteiger partial charge in [0.25, 0.3) is 0 Å². The SMILES string of the molecule is CCCC=CC=CC(=O)OC1C(=CC(=O)OC)CC(C[C@@H](OCc2ccc(OC)cc2)[C@@H](C)OCOCc2ccccc2)OC1(OC)C(C)(C)C=CC=O. The van der Waals surface area contributed by atoms with Crippen molar-refractivity contribution in [1.29, 1.82) is 0 Å². The van der Waals surface area contributed by atoms with Crippen LogP contribution in [0.5, 0.6) is 5.75 Å². The van der Waals surface area contributed by atoms with Gasteiger partial charge in [-0.3, -0.25) is 4.79 Å². The number of ether oxygens (including phenoxy) is 8. The summed E-state index contributed by atoms with van der Waals surface area (Å²) in [4.78, 5) is 37.6. The van der Waals surface area contributed by atoms with Crippen LogP contribution in [0, 0.1) is 5.41 Å². The minimum absolute atomic E-state index is 0.0161. The van der Waals surface area contributed by atoms with Crippen molar-refractivity contribution < 1.29 is 52.3 Å². The molecular formula is C43H56O11. The Labute approximate surface area is 319 Å². The van der Waals surface area contributed by atoms with Crippen LogP contribution in [-0.2, 0) is 60.8 Å². The van der Waals surface area contributed by atoms with Crippen LogP contribution >= 0.6 is 0 Å². The fourth-order valence-corrected chi connectivity index (χ4v) is 6.11. The summed E-state index contributed by atoms with van der Waals surface area (Å²) in [5, 5.41) is 0. The molecule has 1 aliphatic heterocycles.